The maximum absolute atomic E-state index is 10.1. The maximum atomic E-state index is 10.1. The van der Waals surface area contributed by atoms with Crippen LogP contribution in [0.5, 0.6) is 5.75 Å². The first-order valence-electron chi connectivity index (χ1n) is 5.93. The molecule has 0 aliphatic carbocycles. The molecule has 0 bridgehead atoms. The van der Waals surface area contributed by atoms with Gasteiger partial charge in [-0.05, 0) is 41.1 Å². The van der Waals surface area contributed by atoms with Gasteiger partial charge in [0.05, 0.1) is 17.3 Å². The lowest BCUT2D eigenvalue weighted by Crippen LogP contribution is -1.95. The molecule has 5 heteroatoms. The zero-order valence-corrected chi connectivity index (χ0v) is 10.4. The van der Waals surface area contributed by atoms with E-state index in [1.54, 1.807) is 36.4 Å². The van der Waals surface area contributed by atoms with E-state index in [0.717, 1.165) is 10.8 Å². The Morgan fingerprint density at radius 3 is 2.70 bits per heavy atom. The molecule has 3 N–H and O–H groups in total. The molecule has 1 aromatic heterocycles. The number of fused-ring (bicyclic) bond motifs is 1. The Bertz CT molecular complexity index is 852. The summed E-state index contributed by atoms with van der Waals surface area (Å²) in [5.74, 6) is 0.257. The Labute approximate surface area is 115 Å². The lowest BCUT2D eigenvalue weighted by molar-refractivity contribution is 0.478. The van der Waals surface area contributed by atoms with Crippen LogP contribution >= 0.6 is 0 Å². The highest BCUT2D eigenvalue weighted by Gasteiger charge is 2.09. The smallest absolute Gasteiger partial charge is 0.220 e. The number of nitrogens with two attached hydrogens (primary N) is 1. The summed E-state index contributed by atoms with van der Waals surface area (Å²) in [5, 5.41) is 20.8. The van der Waals surface area contributed by atoms with Crippen molar-refractivity contribution >= 4 is 16.7 Å². The van der Waals surface area contributed by atoms with E-state index < -0.39 is 0 Å². The zero-order valence-electron chi connectivity index (χ0n) is 10.4. The minimum atomic E-state index is 0.111. The van der Waals surface area contributed by atoms with Crippen molar-refractivity contribution in [1.82, 2.24) is 9.97 Å². The molecule has 3 rings (SSSR count). The summed E-state index contributed by atoms with van der Waals surface area (Å²) in [5.41, 5.74) is 7.22. The van der Waals surface area contributed by atoms with Crippen molar-refractivity contribution in [2.75, 3.05) is 5.73 Å². The van der Waals surface area contributed by atoms with Gasteiger partial charge in [0.25, 0.3) is 0 Å². The van der Waals surface area contributed by atoms with Crippen LogP contribution in [0.1, 0.15) is 5.56 Å². The number of nitrogens with zero attached hydrogens (tertiary/aromatic N) is 3. The Morgan fingerprint density at radius 1 is 1.10 bits per heavy atom. The second-order valence-corrected chi connectivity index (χ2v) is 4.34. The topological polar surface area (TPSA) is 95.8 Å². The predicted molar refractivity (Wildman–Crippen MR) is 75.8 cm³/mol. The number of benzene rings is 2. The van der Waals surface area contributed by atoms with Crippen molar-refractivity contribution in [2.24, 2.45) is 0 Å². The molecule has 0 fully saturated rings. The summed E-state index contributed by atoms with van der Waals surface area (Å²) >= 11 is 0. The van der Waals surface area contributed by atoms with E-state index in [9.17, 15) is 5.11 Å². The number of anilines is 1. The van der Waals surface area contributed by atoms with E-state index in [-0.39, 0.29) is 11.7 Å². The average molecular weight is 262 g/mol. The molecule has 0 radical (unpaired) electrons. The molecule has 2 aromatic carbocycles. The van der Waals surface area contributed by atoms with E-state index in [1.807, 2.05) is 0 Å². The average Bonchev–Trinajstić information content (AvgIpc) is 2.46. The zero-order chi connectivity index (χ0) is 14.1. The first-order valence-corrected chi connectivity index (χ1v) is 5.93. The maximum Gasteiger partial charge on any atom is 0.220 e. The number of hydrogen-bond donors (Lipinski definition) is 2. The van der Waals surface area contributed by atoms with Crippen LogP contribution in [0.15, 0.2) is 42.6 Å². The quantitative estimate of drug-likeness (QED) is 0.702. The van der Waals surface area contributed by atoms with Crippen molar-refractivity contribution in [3.63, 3.8) is 0 Å². The summed E-state index contributed by atoms with van der Waals surface area (Å²) in [6.45, 7) is 0. The van der Waals surface area contributed by atoms with Crippen LogP contribution in [-0.2, 0) is 0 Å². The lowest BCUT2D eigenvalue weighted by atomic mass is 10.0. The number of nitriles is 1. The fourth-order valence-electron chi connectivity index (χ4n) is 2.08. The molecule has 20 heavy (non-hydrogen) atoms. The molecule has 5 nitrogen and oxygen atoms in total. The van der Waals surface area contributed by atoms with Gasteiger partial charge in [0.15, 0.2) is 0 Å². The van der Waals surface area contributed by atoms with Crippen molar-refractivity contribution in [3.8, 4) is 23.1 Å². The Balaban J connectivity index is 2.25. The second kappa shape index (κ2) is 4.52. The Kier molecular flexibility index (Phi) is 2.70. The highest BCUT2D eigenvalue weighted by Crippen LogP contribution is 2.32. The number of rotatable bonds is 1. The number of phenolic OH excluding ortho intramolecular Hbond substituents is 1. The van der Waals surface area contributed by atoms with Gasteiger partial charge in [-0.1, -0.05) is 6.07 Å². The van der Waals surface area contributed by atoms with Gasteiger partial charge in [-0.2, -0.15) is 5.26 Å². The van der Waals surface area contributed by atoms with Gasteiger partial charge in [0, 0.05) is 11.8 Å². The third-order valence-corrected chi connectivity index (χ3v) is 3.03. The molecule has 0 amide bonds. The normalized spacial score (nSPS) is 10.3. The van der Waals surface area contributed by atoms with Crippen molar-refractivity contribution in [1.29, 1.82) is 5.26 Å². The Hall–Kier alpha value is -3.13. The molecular formula is C15H10N4O. The lowest BCUT2D eigenvalue weighted by Gasteiger charge is -2.07. The van der Waals surface area contributed by atoms with Crippen molar-refractivity contribution < 1.29 is 5.11 Å². The third kappa shape index (κ3) is 1.99. The number of aromatic hydroxyl groups is 1. The third-order valence-electron chi connectivity index (χ3n) is 3.03. The SMILES string of the molecule is N#Cc1ccc2cc(O)c(-c3ccnc(N)n3)cc2c1. The van der Waals surface area contributed by atoms with Crippen LogP contribution in [0.2, 0.25) is 0 Å². The number of nitrogen functional groups attached to an aromatic ring is 1. The molecule has 0 aliphatic heterocycles. The van der Waals surface area contributed by atoms with E-state index in [1.165, 1.54) is 6.20 Å². The second-order valence-electron chi connectivity index (χ2n) is 4.34. The summed E-state index contributed by atoms with van der Waals surface area (Å²) < 4.78 is 0. The van der Waals surface area contributed by atoms with Crippen molar-refractivity contribution in [3.05, 3.63) is 48.2 Å². The van der Waals surface area contributed by atoms with E-state index in [4.69, 9.17) is 11.0 Å². The van der Waals surface area contributed by atoms with Gasteiger partial charge in [-0.25, -0.2) is 9.97 Å². The van der Waals surface area contributed by atoms with Crippen LogP contribution < -0.4 is 5.73 Å². The molecule has 0 saturated heterocycles. The molecule has 0 saturated carbocycles. The van der Waals surface area contributed by atoms with Crippen LogP contribution in [0.4, 0.5) is 5.95 Å². The molecule has 0 atom stereocenters. The summed E-state index contributed by atoms with van der Waals surface area (Å²) in [7, 11) is 0. The highest BCUT2D eigenvalue weighted by molar-refractivity contribution is 5.90. The van der Waals surface area contributed by atoms with Gasteiger partial charge in [-0.3, -0.25) is 0 Å². The standard InChI is InChI=1S/C15H10N4O/c16-8-9-1-2-10-7-14(20)12(6-11(10)5-9)13-3-4-18-15(17)19-13/h1-7,20H,(H2,17,18,19). The summed E-state index contributed by atoms with van der Waals surface area (Å²) in [4.78, 5) is 7.92. The molecule has 3 aromatic rings. The fourth-order valence-corrected chi connectivity index (χ4v) is 2.08. The molecule has 0 spiro atoms. The van der Waals surface area contributed by atoms with Gasteiger partial charge >= 0.3 is 0 Å². The largest absolute Gasteiger partial charge is 0.507 e. The Morgan fingerprint density at radius 2 is 1.95 bits per heavy atom. The molecule has 0 aliphatic rings. The van der Waals surface area contributed by atoms with Crippen LogP contribution in [0.25, 0.3) is 22.0 Å². The van der Waals surface area contributed by atoms with Crippen LogP contribution in [0, 0.1) is 11.3 Å². The summed E-state index contributed by atoms with van der Waals surface area (Å²) in [6, 6.07) is 12.5. The molecule has 1 heterocycles. The number of hydrogen-bond acceptors (Lipinski definition) is 5. The minimum Gasteiger partial charge on any atom is -0.507 e. The first-order chi connectivity index (χ1) is 9.67. The number of phenols is 1. The molecular weight excluding hydrogens is 252 g/mol. The van der Waals surface area contributed by atoms with Crippen LogP contribution in [0.3, 0.4) is 0 Å². The van der Waals surface area contributed by atoms with Gasteiger partial charge in [0.2, 0.25) is 5.95 Å². The minimum absolute atomic E-state index is 0.111. The number of aromatic nitrogens is 2. The summed E-state index contributed by atoms with van der Waals surface area (Å²) in [6.07, 6.45) is 1.53. The first kappa shape index (κ1) is 11.9. The van der Waals surface area contributed by atoms with Gasteiger partial charge in [0.1, 0.15) is 5.75 Å². The van der Waals surface area contributed by atoms with Gasteiger partial charge in [-0.15, -0.1) is 0 Å². The van der Waals surface area contributed by atoms with Gasteiger partial charge < -0.3 is 10.8 Å². The molecule has 0 unspecified atom stereocenters. The molecule has 96 valence electrons. The highest BCUT2D eigenvalue weighted by atomic mass is 16.3. The monoisotopic (exact) mass is 262 g/mol. The van der Waals surface area contributed by atoms with E-state index in [0.29, 0.717) is 16.8 Å². The van der Waals surface area contributed by atoms with E-state index >= 15 is 0 Å². The van der Waals surface area contributed by atoms with E-state index in [2.05, 4.69) is 16.0 Å². The predicted octanol–water partition coefficient (Wildman–Crippen LogP) is 2.46. The van der Waals surface area contributed by atoms with Crippen molar-refractivity contribution in [2.45, 2.75) is 0 Å². The fraction of sp³-hybridized carbons (Fsp3) is 0. The van der Waals surface area contributed by atoms with Crippen LogP contribution in [-0.4, -0.2) is 15.1 Å².